The van der Waals surface area contributed by atoms with Crippen molar-refractivity contribution in [3.8, 4) is 0 Å². The van der Waals surface area contributed by atoms with Gasteiger partial charge in [0.1, 0.15) is 12.2 Å². The van der Waals surface area contributed by atoms with Gasteiger partial charge in [-0.3, -0.25) is 4.98 Å². The van der Waals surface area contributed by atoms with Gasteiger partial charge in [0.2, 0.25) is 0 Å². The highest BCUT2D eigenvalue weighted by Crippen LogP contribution is 2.33. The summed E-state index contributed by atoms with van der Waals surface area (Å²) >= 11 is 6.60. The Bertz CT molecular complexity index is 860. The highest BCUT2D eigenvalue weighted by Gasteiger charge is 2.33. The molecular formula is C24H36ClN3O3. The second-order valence-corrected chi connectivity index (χ2v) is 10.5. The Morgan fingerprint density at radius 3 is 2.55 bits per heavy atom. The first kappa shape index (κ1) is 25.1. The third-order valence-electron chi connectivity index (χ3n) is 4.94. The van der Waals surface area contributed by atoms with Crippen LogP contribution in [-0.2, 0) is 15.0 Å². The van der Waals surface area contributed by atoms with E-state index in [-0.39, 0.29) is 6.61 Å². The van der Waals surface area contributed by atoms with Crippen LogP contribution in [0.15, 0.2) is 41.5 Å². The lowest BCUT2D eigenvalue weighted by atomic mass is 9.88. The minimum absolute atomic E-state index is 0.257. The highest BCUT2D eigenvalue weighted by molar-refractivity contribution is 6.31. The van der Waals surface area contributed by atoms with Crippen molar-refractivity contribution < 1.29 is 14.3 Å². The molecule has 0 bridgehead atoms. The van der Waals surface area contributed by atoms with Gasteiger partial charge in [-0.1, -0.05) is 25.4 Å². The number of aromatic nitrogens is 1. The van der Waals surface area contributed by atoms with Crippen LogP contribution in [0.4, 0.5) is 4.79 Å². The molecule has 1 aliphatic rings. The van der Waals surface area contributed by atoms with Crippen molar-refractivity contribution in [1.29, 1.82) is 0 Å². The lowest BCUT2D eigenvalue weighted by Crippen LogP contribution is -2.51. The van der Waals surface area contributed by atoms with Crippen LogP contribution in [0.3, 0.4) is 0 Å². The zero-order valence-electron chi connectivity index (χ0n) is 19.9. The van der Waals surface area contributed by atoms with E-state index in [2.05, 4.69) is 36.4 Å². The Hall–Kier alpha value is -2.21. The van der Waals surface area contributed by atoms with Crippen molar-refractivity contribution >= 4 is 17.7 Å². The fourth-order valence-corrected chi connectivity index (χ4v) is 4.13. The first-order valence-corrected chi connectivity index (χ1v) is 11.0. The topological polar surface area (TPSA) is 72.5 Å². The number of hydrogen-bond donors (Lipinski definition) is 2. The molecular weight excluding hydrogens is 414 g/mol. The van der Waals surface area contributed by atoms with Crippen molar-refractivity contribution in [2.75, 3.05) is 6.61 Å². The number of carbonyl (C=O) groups excluding carboxylic acids is 1. The largest absolute Gasteiger partial charge is 0.488 e. The quantitative estimate of drug-likeness (QED) is 0.573. The molecule has 7 heteroatoms. The number of nitrogens with zero attached hydrogens (tertiary/aromatic N) is 1. The molecule has 1 aromatic rings. The van der Waals surface area contributed by atoms with Gasteiger partial charge in [0.25, 0.3) is 0 Å². The number of alkyl carbamates (subject to hydrolysis) is 1. The molecule has 2 N–H and O–H groups in total. The molecule has 31 heavy (non-hydrogen) atoms. The van der Waals surface area contributed by atoms with E-state index in [1.807, 2.05) is 53.0 Å². The minimum Gasteiger partial charge on any atom is -0.488 e. The first-order valence-electron chi connectivity index (χ1n) is 10.6. The van der Waals surface area contributed by atoms with Crippen LogP contribution < -0.4 is 10.6 Å². The van der Waals surface area contributed by atoms with Crippen LogP contribution in [0.5, 0.6) is 0 Å². The predicted octanol–water partition coefficient (Wildman–Crippen LogP) is 5.52. The molecule has 0 radical (unpaired) electrons. The first-order chi connectivity index (χ1) is 14.2. The third-order valence-corrected chi connectivity index (χ3v) is 5.24. The average molecular weight is 450 g/mol. The second kappa shape index (κ2) is 9.51. The molecule has 0 saturated heterocycles. The van der Waals surface area contributed by atoms with Crippen molar-refractivity contribution in [2.24, 2.45) is 5.92 Å². The molecule has 2 atom stereocenters. The zero-order chi connectivity index (χ0) is 23.4. The minimum atomic E-state index is -0.614. The summed E-state index contributed by atoms with van der Waals surface area (Å²) in [5.74, 6) is 0.887. The maximum Gasteiger partial charge on any atom is 0.408 e. The van der Waals surface area contributed by atoms with E-state index in [4.69, 9.17) is 21.1 Å². The monoisotopic (exact) mass is 449 g/mol. The summed E-state index contributed by atoms with van der Waals surface area (Å²) < 4.78 is 11.5. The molecule has 0 spiro atoms. The van der Waals surface area contributed by atoms with Gasteiger partial charge in [0, 0.05) is 18.6 Å². The number of halogens is 1. The summed E-state index contributed by atoms with van der Waals surface area (Å²) in [5.41, 5.74) is 0.514. The Labute approximate surface area is 191 Å². The van der Waals surface area contributed by atoms with Crippen molar-refractivity contribution in [3.05, 3.63) is 52.7 Å². The molecule has 0 aliphatic carbocycles. The van der Waals surface area contributed by atoms with E-state index in [0.717, 1.165) is 17.5 Å². The van der Waals surface area contributed by atoms with Gasteiger partial charge in [-0.05, 0) is 77.2 Å². The van der Waals surface area contributed by atoms with Gasteiger partial charge < -0.3 is 20.1 Å². The fourth-order valence-electron chi connectivity index (χ4n) is 3.81. The van der Waals surface area contributed by atoms with Crippen molar-refractivity contribution in [1.82, 2.24) is 15.6 Å². The second-order valence-electron chi connectivity index (χ2n) is 10.1. The molecule has 1 aliphatic heterocycles. The summed E-state index contributed by atoms with van der Waals surface area (Å²) in [6, 6.07) is 1.98. The summed E-state index contributed by atoms with van der Waals surface area (Å²) in [5, 5.41) is 6.89. The lowest BCUT2D eigenvalue weighted by molar-refractivity contribution is 0.0368. The number of pyridine rings is 1. The van der Waals surface area contributed by atoms with Gasteiger partial charge in [0.05, 0.1) is 16.1 Å². The normalized spacial score (nSPS) is 20.8. The number of dihydropyridines is 1. The molecule has 0 saturated carbocycles. The summed E-state index contributed by atoms with van der Waals surface area (Å²) in [7, 11) is 0. The molecule has 172 valence electrons. The zero-order valence-corrected chi connectivity index (χ0v) is 20.7. The number of nitrogens with one attached hydrogen (secondary N) is 2. The van der Waals surface area contributed by atoms with Gasteiger partial charge >= 0.3 is 6.09 Å². The molecule has 1 amide bonds. The molecule has 1 unspecified atom stereocenters. The van der Waals surface area contributed by atoms with E-state index >= 15 is 0 Å². The molecule has 2 rings (SSSR count). The Balaban J connectivity index is 2.12. The van der Waals surface area contributed by atoms with Crippen molar-refractivity contribution in [3.63, 3.8) is 0 Å². The van der Waals surface area contributed by atoms with Gasteiger partial charge in [0.15, 0.2) is 5.76 Å². The molecule has 1 aromatic heterocycles. The standard InChI is InChI=1S/C24H36ClN3O3/c1-16(2)11-23(7,28-21(29)31-22(4,5)6)15-30-20-14-27-24(8,12-19(20)25)18-9-10-26-13-17(18)3/h9-10,12-14,16,27H,11,15H2,1-8H3,(H,28,29)/t23-,24?/m0/s1. The maximum absolute atomic E-state index is 12.4. The van der Waals surface area contributed by atoms with Crippen LogP contribution in [0.1, 0.15) is 66.0 Å². The van der Waals surface area contributed by atoms with Gasteiger partial charge in [-0.25, -0.2) is 4.79 Å². The van der Waals surface area contributed by atoms with E-state index < -0.39 is 22.8 Å². The highest BCUT2D eigenvalue weighted by atomic mass is 35.5. The van der Waals surface area contributed by atoms with Gasteiger partial charge in [-0.15, -0.1) is 0 Å². The fraction of sp³-hybridized carbons (Fsp3) is 0.583. The SMILES string of the molecule is Cc1cnccc1C1(C)C=C(Cl)C(OC[C@](C)(CC(C)C)NC(=O)OC(C)(C)C)=CN1. The Morgan fingerprint density at radius 1 is 1.32 bits per heavy atom. The number of carbonyl (C=O) groups is 1. The third kappa shape index (κ3) is 7.17. The van der Waals surface area contributed by atoms with Crippen LogP contribution in [0.2, 0.25) is 0 Å². The van der Waals surface area contributed by atoms with E-state index in [1.165, 1.54) is 0 Å². The molecule has 0 aromatic carbocycles. The molecule has 0 fully saturated rings. The lowest BCUT2D eigenvalue weighted by Gasteiger charge is -2.35. The van der Waals surface area contributed by atoms with Crippen LogP contribution in [0, 0.1) is 12.8 Å². The van der Waals surface area contributed by atoms with E-state index in [9.17, 15) is 4.79 Å². The number of rotatable bonds is 7. The van der Waals surface area contributed by atoms with Crippen LogP contribution in [-0.4, -0.2) is 28.8 Å². The number of hydrogen-bond acceptors (Lipinski definition) is 5. The smallest absolute Gasteiger partial charge is 0.408 e. The Kier molecular flexibility index (Phi) is 7.69. The number of ether oxygens (including phenoxy) is 2. The maximum atomic E-state index is 12.4. The summed E-state index contributed by atoms with van der Waals surface area (Å²) in [6.45, 7) is 16.0. The molecule has 6 nitrogen and oxygen atoms in total. The van der Waals surface area contributed by atoms with Gasteiger partial charge in [-0.2, -0.15) is 0 Å². The number of amides is 1. The van der Waals surface area contributed by atoms with Crippen LogP contribution in [0.25, 0.3) is 0 Å². The van der Waals surface area contributed by atoms with E-state index in [1.54, 1.807) is 12.4 Å². The number of aryl methyl sites for hydroxylation is 1. The summed E-state index contributed by atoms with van der Waals surface area (Å²) in [4.78, 5) is 16.6. The predicted molar refractivity (Wildman–Crippen MR) is 125 cm³/mol. The van der Waals surface area contributed by atoms with Crippen LogP contribution >= 0.6 is 11.6 Å². The molecule has 2 heterocycles. The van der Waals surface area contributed by atoms with Crippen molar-refractivity contribution in [2.45, 2.75) is 78.5 Å². The average Bonchev–Trinajstić information content (AvgIpc) is 2.58. The van der Waals surface area contributed by atoms with E-state index in [0.29, 0.717) is 16.7 Å². The summed E-state index contributed by atoms with van der Waals surface area (Å²) in [6.07, 6.45) is 7.59. The number of allylic oxidation sites excluding steroid dienone is 1. The Morgan fingerprint density at radius 2 is 2.00 bits per heavy atom.